The molecule has 6 heteroatoms. The number of hydrogen-bond donors (Lipinski definition) is 3. The summed E-state index contributed by atoms with van der Waals surface area (Å²) < 4.78 is 26.1. The van der Waals surface area contributed by atoms with Crippen molar-refractivity contribution in [3.05, 3.63) is 29.8 Å². The minimum atomic E-state index is -0.805. The van der Waals surface area contributed by atoms with E-state index in [1.54, 1.807) is 0 Å². The number of hydrogen-bond acceptors (Lipinski definition) is 2. The van der Waals surface area contributed by atoms with E-state index in [0.717, 1.165) is 37.8 Å². The van der Waals surface area contributed by atoms with E-state index >= 15 is 0 Å². The van der Waals surface area contributed by atoms with Gasteiger partial charge >= 0.3 is 6.03 Å². The summed E-state index contributed by atoms with van der Waals surface area (Å²) >= 11 is 0. The highest BCUT2D eigenvalue weighted by Gasteiger charge is 2.19. The first kappa shape index (κ1) is 14.7. The molecule has 0 saturated heterocycles. The molecule has 0 aromatic heterocycles. The Hall–Kier alpha value is -1.69. The van der Waals surface area contributed by atoms with Crippen molar-refractivity contribution in [2.45, 2.75) is 31.8 Å². The number of aliphatic hydroxyl groups excluding tert-OH is 1. The van der Waals surface area contributed by atoms with Crippen LogP contribution in [0.1, 0.15) is 25.7 Å². The van der Waals surface area contributed by atoms with Crippen molar-refractivity contribution in [1.29, 1.82) is 0 Å². The highest BCUT2D eigenvalue weighted by atomic mass is 19.1. The minimum absolute atomic E-state index is 0.0528. The van der Waals surface area contributed by atoms with Crippen LogP contribution in [0.25, 0.3) is 0 Å². The van der Waals surface area contributed by atoms with E-state index in [2.05, 4.69) is 10.6 Å². The summed E-state index contributed by atoms with van der Waals surface area (Å²) in [5.74, 6) is -1.16. The van der Waals surface area contributed by atoms with E-state index in [1.165, 1.54) is 6.07 Å². The fourth-order valence-electron chi connectivity index (χ4n) is 2.34. The lowest BCUT2D eigenvalue weighted by atomic mass is 9.87. The summed E-state index contributed by atoms with van der Waals surface area (Å²) in [7, 11) is 0. The third-order valence-corrected chi connectivity index (χ3v) is 3.55. The number of carbonyl (C=O) groups excluding carboxylic acids is 1. The van der Waals surface area contributed by atoms with Gasteiger partial charge in [0.15, 0.2) is 0 Å². The number of rotatable bonds is 3. The third-order valence-electron chi connectivity index (χ3n) is 3.55. The Morgan fingerprint density at radius 1 is 1.25 bits per heavy atom. The van der Waals surface area contributed by atoms with Crippen LogP contribution < -0.4 is 10.6 Å². The molecule has 0 unspecified atom stereocenters. The molecule has 0 heterocycles. The van der Waals surface area contributed by atoms with Crippen LogP contribution in [0.5, 0.6) is 0 Å². The average molecular weight is 284 g/mol. The lowest BCUT2D eigenvalue weighted by Gasteiger charge is -2.25. The van der Waals surface area contributed by atoms with Gasteiger partial charge in [0.2, 0.25) is 0 Å². The Labute approximate surface area is 116 Å². The Balaban J connectivity index is 1.78. The molecule has 1 aliphatic rings. The van der Waals surface area contributed by atoms with Crippen LogP contribution in [0, 0.1) is 17.6 Å². The van der Waals surface area contributed by atoms with E-state index in [9.17, 15) is 18.7 Å². The smallest absolute Gasteiger partial charge is 0.319 e. The molecular formula is C14H18F2N2O2. The standard InChI is InChI=1S/C14H18F2N2O2/c15-10-3-6-13(12(16)7-10)18-14(20)17-8-9-1-4-11(19)5-2-9/h3,6-7,9,11,19H,1-2,4-5,8H2,(H2,17,18,20). The monoisotopic (exact) mass is 284 g/mol. The Bertz CT molecular complexity index is 474. The molecular weight excluding hydrogens is 266 g/mol. The van der Waals surface area contributed by atoms with Gasteiger partial charge in [-0.2, -0.15) is 0 Å². The zero-order valence-corrected chi connectivity index (χ0v) is 11.0. The number of halogens is 2. The Morgan fingerprint density at radius 2 is 1.95 bits per heavy atom. The summed E-state index contributed by atoms with van der Waals surface area (Å²) in [4.78, 5) is 11.6. The van der Waals surface area contributed by atoms with Gasteiger partial charge in [-0.1, -0.05) is 0 Å². The molecule has 20 heavy (non-hydrogen) atoms. The summed E-state index contributed by atoms with van der Waals surface area (Å²) in [6, 6.07) is 2.47. The second kappa shape index (κ2) is 6.65. The number of urea groups is 1. The van der Waals surface area contributed by atoms with Crippen molar-refractivity contribution in [1.82, 2.24) is 5.32 Å². The maximum Gasteiger partial charge on any atom is 0.319 e. The molecule has 1 fully saturated rings. The van der Waals surface area contributed by atoms with Gasteiger partial charge in [-0.3, -0.25) is 0 Å². The summed E-state index contributed by atoms with van der Waals surface area (Å²) in [5, 5.41) is 14.4. The van der Waals surface area contributed by atoms with Crippen molar-refractivity contribution in [2.75, 3.05) is 11.9 Å². The predicted molar refractivity (Wildman–Crippen MR) is 71.3 cm³/mol. The van der Waals surface area contributed by atoms with E-state index in [0.29, 0.717) is 12.5 Å². The van der Waals surface area contributed by atoms with Crippen LogP contribution in [-0.4, -0.2) is 23.8 Å². The van der Waals surface area contributed by atoms with Crippen LogP contribution >= 0.6 is 0 Å². The van der Waals surface area contributed by atoms with Gasteiger partial charge in [0.25, 0.3) is 0 Å². The first-order valence-electron chi connectivity index (χ1n) is 6.72. The van der Waals surface area contributed by atoms with Gasteiger partial charge in [-0.05, 0) is 43.7 Å². The Morgan fingerprint density at radius 3 is 2.60 bits per heavy atom. The maximum atomic E-state index is 13.3. The molecule has 110 valence electrons. The predicted octanol–water partition coefficient (Wildman–Crippen LogP) is 2.64. The number of nitrogens with one attached hydrogen (secondary N) is 2. The van der Waals surface area contributed by atoms with Gasteiger partial charge in [0, 0.05) is 12.6 Å². The van der Waals surface area contributed by atoms with Crippen LogP contribution in [0.2, 0.25) is 0 Å². The zero-order chi connectivity index (χ0) is 14.5. The first-order valence-corrected chi connectivity index (χ1v) is 6.72. The summed E-state index contributed by atoms with van der Waals surface area (Å²) in [5.41, 5.74) is -0.0528. The van der Waals surface area contributed by atoms with E-state index in [1.807, 2.05) is 0 Å². The first-order chi connectivity index (χ1) is 9.54. The highest BCUT2D eigenvalue weighted by molar-refractivity contribution is 5.89. The molecule has 0 bridgehead atoms. The lowest BCUT2D eigenvalue weighted by molar-refractivity contribution is 0.109. The molecule has 1 aliphatic carbocycles. The molecule has 1 saturated carbocycles. The topological polar surface area (TPSA) is 61.4 Å². The molecule has 0 spiro atoms. The highest BCUT2D eigenvalue weighted by Crippen LogP contribution is 2.23. The number of amides is 2. The fraction of sp³-hybridized carbons (Fsp3) is 0.500. The number of benzene rings is 1. The van der Waals surface area contributed by atoms with Crippen molar-refractivity contribution in [3.63, 3.8) is 0 Å². The Kier molecular flexibility index (Phi) is 4.89. The van der Waals surface area contributed by atoms with Crippen molar-refractivity contribution in [2.24, 2.45) is 5.92 Å². The van der Waals surface area contributed by atoms with Crippen LogP contribution in [0.3, 0.4) is 0 Å². The van der Waals surface area contributed by atoms with Gasteiger partial charge in [-0.15, -0.1) is 0 Å². The van der Waals surface area contributed by atoms with Crippen molar-refractivity contribution >= 4 is 11.7 Å². The van der Waals surface area contributed by atoms with Gasteiger partial charge in [0.05, 0.1) is 11.8 Å². The normalized spacial score (nSPS) is 22.4. The van der Waals surface area contributed by atoms with Gasteiger partial charge in [-0.25, -0.2) is 13.6 Å². The lowest BCUT2D eigenvalue weighted by Crippen LogP contribution is -2.35. The quantitative estimate of drug-likeness (QED) is 0.799. The molecule has 0 atom stereocenters. The van der Waals surface area contributed by atoms with Crippen molar-refractivity contribution < 1.29 is 18.7 Å². The average Bonchev–Trinajstić information content (AvgIpc) is 2.41. The van der Waals surface area contributed by atoms with E-state index < -0.39 is 17.7 Å². The summed E-state index contributed by atoms with van der Waals surface area (Å²) in [6.45, 7) is 0.487. The van der Waals surface area contributed by atoms with E-state index in [4.69, 9.17) is 0 Å². The van der Waals surface area contributed by atoms with Crippen LogP contribution in [-0.2, 0) is 0 Å². The SMILES string of the molecule is O=C(NCC1CCC(O)CC1)Nc1ccc(F)cc1F. The third kappa shape index (κ3) is 4.16. The van der Waals surface area contributed by atoms with E-state index in [-0.39, 0.29) is 11.8 Å². The van der Waals surface area contributed by atoms with Gasteiger partial charge < -0.3 is 15.7 Å². The van der Waals surface area contributed by atoms with Gasteiger partial charge in [0.1, 0.15) is 11.6 Å². The molecule has 0 radical (unpaired) electrons. The second-order valence-electron chi connectivity index (χ2n) is 5.13. The molecule has 0 aliphatic heterocycles. The number of aliphatic hydroxyl groups is 1. The maximum absolute atomic E-state index is 13.3. The molecule has 1 aromatic carbocycles. The number of anilines is 1. The number of carbonyl (C=O) groups is 1. The molecule has 2 amide bonds. The van der Waals surface area contributed by atoms with Crippen LogP contribution in [0.15, 0.2) is 18.2 Å². The van der Waals surface area contributed by atoms with Crippen molar-refractivity contribution in [3.8, 4) is 0 Å². The molecule has 1 aromatic rings. The molecule has 3 N–H and O–H groups in total. The zero-order valence-electron chi connectivity index (χ0n) is 11.0. The molecule has 2 rings (SSSR count). The van der Waals surface area contributed by atoms with Crippen LogP contribution in [0.4, 0.5) is 19.3 Å². The second-order valence-corrected chi connectivity index (χ2v) is 5.13. The minimum Gasteiger partial charge on any atom is -0.393 e. The largest absolute Gasteiger partial charge is 0.393 e. The summed E-state index contributed by atoms with van der Waals surface area (Å²) in [6.07, 6.45) is 3.01. The fourth-order valence-corrected chi connectivity index (χ4v) is 2.34. The molecule has 4 nitrogen and oxygen atoms in total.